The third kappa shape index (κ3) is 6.81. The van der Waals surface area contributed by atoms with Crippen LogP contribution in [0.4, 0.5) is 10.5 Å². The Balaban J connectivity index is 2.35. The van der Waals surface area contributed by atoms with Crippen molar-refractivity contribution in [1.82, 2.24) is 5.32 Å². The summed E-state index contributed by atoms with van der Waals surface area (Å²) in [4.78, 5) is 32.7. The number of anilines is 1. The summed E-state index contributed by atoms with van der Waals surface area (Å²) in [6.45, 7) is -0.265. The van der Waals surface area contributed by atoms with Gasteiger partial charge in [0.2, 0.25) is 0 Å². The van der Waals surface area contributed by atoms with Crippen LogP contribution in [-0.2, 0) is 14.3 Å². The molecule has 0 heterocycles. The van der Waals surface area contributed by atoms with Crippen molar-refractivity contribution in [3.8, 4) is 5.75 Å². The molecule has 0 aliphatic carbocycles. The van der Waals surface area contributed by atoms with Crippen molar-refractivity contribution in [2.75, 3.05) is 25.6 Å². The molecule has 0 saturated carbocycles. The van der Waals surface area contributed by atoms with Gasteiger partial charge in [0, 0.05) is 12.2 Å². The first-order valence-corrected chi connectivity index (χ1v) is 6.07. The summed E-state index contributed by atoms with van der Waals surface area (Å²) in [6.07, 6.45) is 0.0892. The molecule has 0 aliphatic heterocycles. The molecule has 0 bridgehead atoms. The number of hydrogen-bond acceptors (Lipinski definition) is 5. The van der Waals surface area contributed by atoms with E-state index in [2.05, 4.69) is 15.4 Å². The minimum atomic E-state index is -1.07. The van der Waals surface area contributed by atoms with E-state index < -0.39 is 24.6 Å². The van der Waals surface area contributed by atoms with Crippen molar-refractivity contribution >= 4 is 23.7 Å². The molecule has 0 spiro atoms. The van der Waals surface area contributed by atoms with E-state index in [0.717, 1.165) is 0 Å². The summed E-state index contributed by atoms with van der Waals surface area (Å²) in [5.74, 6) is -1.09. The summed E-state index contributed by atoms with van der Waals surface area (Å²) >= 11 is 0. The molecule has 0 radical (unpaired) electrons. The molecule has 8 heteroatoms. The fraction of sp³-hybridized carbons (Fsp3) is 0.308. The molecule has 3 N–H and O–H groups in total. The molecule has 1 aromatic rings. The molecule has 21 heavy (non-hydrogen) atoms. The standard InChI is InChI=1S/C13H16N2O6/c1-20-12(18)6-7-14-13(19)15-9-2-4-10(5-3-9)21-8-11(16)17/h2-5H,6-8H2,1H3,(H,16,17)(H2,14,15,19). The average Bonchev–Trinajstić information content (AvgIpc) is 2.46. The number of ether oxygens (including phenoxy) is 2. The summed E-state index contributed by atoms with van der Waals surface area (Å²) < 4.78 is 9.39. The molecular weight excluding hydrogens is 280 g/mol. The Bertz CT molecular complexity index is 500. The van der Waals surface area contributed by atoms with E-state index in [-0.39, 0.29) is 13.0 Å². The molecule has 8 nitrogen and oxygen atoms in total. The SMILES string of the molecule is COC(=O)CCNC(=O)Nc1ccc(OCC(=O)O)cc1. The number of carboxylic acid groups (broad SMARTS) is 1. The monoisotopic (exact) mass is 296 g/mol. The number of nitrogens with one attached hydrogen (secondary N) is 2. The number of carboxylic acids is 1. The zero-order chi connectivity index (χ0) is 15.7. The van der Waals surface area contributed by atoms with Crippen molar-refractivity contribution < 1.29 is 29.0 Å². The van der Waals surface area contributed by atoms with Gasteiger partial charge in [0.1, 0.15) is 5.75 Å². The predicted octanol–water partition coefficient (Wildman–Crippen LogP) is 0.835. The van der Waals surface area contributed by atoms with Gasteiger partial charge in [-0.25, -0.2) is 9.59 Å². The van der Waals surface area contributed by atoms with Gasteiger partial charge in [0.15, 0.2) is 6.61 Å². The number of esters is 1. The van der Waals surface area contributed by atoms with Crippen molar-refractivity contribution in [1.29, 1.82) is 0 Å². The number of amides is 2. The van der Waals surface area contributed by atoms with Gasteiger partial charge in [0.25, 0.3) is 0 Å². The van der Waals surface area contributed by atoms with Gasteiger partial charge in [-0.1, -0.05) is 0 Å². The smallest absolute Gasteiger partial charge is 0.341 e. The first-order chi connectivity index (χ1) is 10.0. The van der Waals surface area contributed by atoms with E-state index in [0.29, 0.717) is 11.4 Å². The van der Waals surface area contributed by atoms with Crippen LogP contribution in [0.1, 0.15) is 6.42 Å². The second kappa shape index (κ2) is 8.41. The predicted molar refractivity (Wildman–Crippen MR) is 73.2 cm³/mol. The Hall–Kier alpha value is -2.77. The van der Waals surface area contributed by atoms with Gasteiger partial charge < -0.3 is 25.2 Å². The van der Waals surface area contributed by atoms with Crippen LogP contribution in [0.3, 0.4) is 0 Å². The van der Waals surface area contributed by atoms with Crippen LogP contribution in [0.15, 0.2) is 24.3 Å². The lowest BCUT2D eigenvalue weighted by atomic mass is 10.3. The van der Waals surface area contributed by atoms with Gasteiger partial charge in [-0.3, -0.25) is 4.79 Å². The van der Waals surface area contributed by atoms with E-state index in [1.165, 1.54) is 19.2 Å². The summed E-state index contributed by atoms with van der Waals surface area (Å²) in [7, 11) is 1.27. The van der Waals surface area contributed by atoms with Crippen LogP contribution >= 0.6 is 0 Å². The van der Waals surface area contributed by atoms with E-state index >= 15 is 0 Å². The van der Waals surface area contributed by atoms with Crippen LogP contribution in [0.5, 0.6) is 5.75 Å². The zero-order valence-corrected chi connectivity index (χ0v) is 11.4. The van der Waals surface area contributed by atoms with Crippen LogP contribution < -0.4 is 15.4 Å². The van der Waals surface area contributed by atoms with E-state index in [4.69, 9.17) is 9.84 Å². The van der Waals surface area contributed by atoms with Crippen LogP contribution in [0, 0.1) is 0 Å². The number of carbonyl (C=O) groups excluding carboxylic acids is 2. The molecule has 0 atom stereocenters. The van der Waals surface area contributed by atoms with Crippen molar-refractivity contribution in [3.05, 3.63) is 24.3 Å². The van der Waals surface area contributed by atoms with E-state index in [1.54, 1.807) is 12.1 Å². The third-order valence-electron chi connectivity index (χ3n) is 2.32. The molecule has 0 aliphatic rings. The van der Waals surface area contributed by atoms with Gasteiger partial charge >= 0.3 is 18.0 Å². The molecule has 0 fully saturated rings. The Kier molecular flexibility index (Phi) is 6.52. The van der Waals surface area contributed by atoms with E-state index in [9.17, 15) is 14.4 Å². The first-order valence-electron chi connectivity index (χ1n) is 6.07. The highest BCUT2D eigenvalue weighted by Gasteiger charge is 2.04. The number of urea groups is 1. The summed E-state index contributed by atoms with van der Waals surface area (Å²) in [5, 5.41) is 13.5. The number of carbonyl (C=O) groups is 3. The highest BCUT2D eigenvalue weighted by molar-refractivity contribution is 5.89. The third-order valence-corrected chi connectivity index (χ3v) is 2.32. The fourth-order valence-electron chi connectivity index (χ4n) is 1.34. The topological polar surface area (TPSA) is 114 Å². The zero-order valence-electron chi connectivity index (χ0n) is 11.4. The Morgan fingerprint density at radius 3 is 2.43 bits per heavy atom. The second-order valence-electron chi connectivity index (χ2n) is 3.91. The quantitative estimate of drug-likeness (QED) is 0.642. The maximum Gasteiger partial charge on any atom is 0.341 e. The maximum absolute atomic E-state index is 11.5. The fourth-order valence-corrected chi connectivity index (χ4v) is 1.34. The van der Waals surface area contributed by atoms with Gasteiger partial charge in [-0.15, -0.1) is 0 Å². The lowest BCUT2D eigenvalue weighted by Crippen LogP contribution is -2.30. The molecule has 0 unspecified atom stereocenters. The summed E-state index contributed by atoms with van der Waals surface area (Å²) in [5.41, 5.74) is 0.508. The number of benzene rings is 1. The Morgan fingerprint density at radius 1 is 1.19 bits per heavy atom. The molecule has 1 rings (SSSR count). The molecule has 2 amide bonds. The van der Waals surface area contributed by atoms with Crippen molar-refractivity contribution in [2.24, 2.45) is 0 Å². The van der Waals surface area contributed by atoms with E-state index in [1.807, 2.05) is 0 Å². The second-order valence-corrected chi connectivity index (χ2v) is 3.91. The number of aliphatic carboxylic acids is 1. The molecule has 0 saturated heterocycles. The lowest BCUT2D eigenvalue weighted by Gasteiger charge is -2.08. The normalized spacial score (nSPS) is 9.57. The molecule has 0 aromatic heterocycles. The van der Waals surface area contributed by atoms with Gasteiger partial charge in [-0.2, -0.15) is 0 Å². The first kappa shape index (κ1) is 16.3. The van der Waals surface area contributed by atoms with Gasteiger partial charge in [0.05, 0.1) is 13.5 Å². The lowest BCUT2D eigenvalue weighted by molar-refractivity contribution is -0.140. The Labute approximate surface area is 121 Å². The molecule has 1 aromatic carbocycles. The summed E-state index contributed by atoms with van der Waals surface area (Å²) in [6, 6.07) is 5.74. The Morgan fingerprint density at radius 2 is 1.86 bits per heavy atom. The minimum Gasteiger partial charge on any atom is -0.482 e. The molecular formula is C13H16N2O6. The van der Waals surface area contributed by atoms with Crippen molar-refractivity contribution in [2.45, 2.75) is 6.42 Å². The van der Waals surface area contributed by atoms with Crippen LogP contribution in [0.25, 0.3) is 0 Å². The maximum atomic E-state index is 11.5. The highest BCUT2D eigenvalue weighted by Crippen LogP contribution is 2.15. The van der Waals surface area contributed by atoms with Crippen molar-refractivity contribution in [3.63, 3.8) is 0 Å². The number of methoxy groups -OCH3 is 1. The number of rotatable bonds is 7. The van der Waals surface area contributed by atoms with Crippen LogP contribution in [0.2, 0.25) is 0 Å². The largest absolute Gasteiger partial charge is 0.482 e. The van der Waals surface area contributed by atoms with Gasteiger partial charge in [-0.05, 0) is 24.3 Å². The number of hydrogen-bond donors (Lipinski definition) is 3. The van der Waals surface area contributed by atoms with Crippen LogP contribution in [-0.4, -0.2) is 43.3 Å². The molecule has 114 valence electrons. The minimum absolute atomic E-state index is 0.0892. The highest BCUT2D eigenvalue weighted by atomic mass is 16.5. The average molecular weight is 296 g/mol.